The molecule has 7 heteroatoms. The summed E-state index contributed by atoms with van der Waals surface area (Å²) in [5, 5.41) is 3.88. The van der Waals surface area contributed by atoms with Crippen molar-refractivity contribution in [3.8, 4) is 5.75 Å². The van der Waals surface area contributed by atoms with Crippen LogP contribution in [-0.4, -0.2) is 27.8 Å². The molecular formula is C21H21N3O3S. The number of rotatable bonds is 8. The molecule has 0 spiro atoms. The molecule has 0 atom stereocenters. The third-order valence-corrected chi connectivity index (χ3v) is 4.91. The SMILES string of the molecule is C=CCn1c(SCC(=O)Nc2ccccc2OCC)nc2ccccc2c1=O. The van der Waals surface area contributed by atoms with Crippen molar-refractivity contribution in [1.82, 2.24) is 9.55 Å². The Morgan fingerprint density at radius 1 is 1.25 bits per heavy atom. The summed E-state index contributed by atoms with van der Waals surface area (Å²) in [5.41, 5.74) is 1.08. The number of benzene rings is 2. The molecule has 1 heterocycles. The van der Waals surface area contributed by atoms with Gasteiger partial charge in [0.25, 0.3) is 5.56 Å². The van der Waals surface area contributed by atoms with Gasteiger partial charge in [-0.1, -0.05) is 42.1 Å². The van der Waals surface area contributed by atoms with E-state index in [1.165, 1.54) is 16.3 Å². The molecule has 3 aromatic rings. The third-order valence-electron chi connectivity index (χ3n) is 3.93. The van der Waals surface area contributed by atoms with Crippen LogP contribution in [0.5, 0.6) is 5.75 Å². The van der Waals surface area contributed by atoms with E-state index in [9.17, 15) is 9.59 Å². The van der Waals surface area contributed by atoms with Crippen molar-refractivity contribution in [2.75, 3.05) is 17.7 Å². The average Bonchev–Trinajstić information content (AvgIpc) is 2.70. The number of hydrogen-bond acceptors (Lipinski definition) is 5. The van der Waals surface area contributed by atoms with Gasteiger partial charge < -0.3 is 10.1 Å². The molecule has 3 rings (SSSR count). The van der Waals surface area contributed by atoms with Gasteiger partial charge in [0.15, 0.2) is 5.16 Å². The van der Waals surface area contributed by atoms with Gasteiger partial charge in [0.1, 0.15) is 5.75 Å². The second kappa shape index (κ2) is 9.23. The molecule has 0 saturated carbocycles. The number of nitrogens with one attached hydrogen (secondary N) is 1. The highest BCUT2D eigenvalue weighted by Gasteiger charge is 2.13. The van der Waals surface area contributed by atoms with Gasteiger partial charge in [0.2, 0.25) is 5.91 Å². The molecule has 0 aliphatic carbocycles. The Balaban J connectivity index is 1.79. The summed E-state index contributed by atoms with van der Waals surface area (Å²) in [6.07, 6.45) is 1.64. The van der Waals surface area contributed by atoms with Crippen LogP contribution in [-0.2, 0) is 11.3 Å². The molecule has 1 N–H and O–H groups in total. The number of ether oxygens (including phenoxy) is 1. The van der Waals surface area contributed by atoms with Crippen LogP contribution in [0.3, 0.4) is 0 Å². The highest BCUT2D eigenvalue weighted by molar-refractivity contribution is 7.99. The third kappa shape index (κ3) is 4.43. The zero-order valence-corrected chi connectivity index (χ0v) is 16.4. The summed E-state index contributed by atoms with van der Waals surface area (Å²) in [5.74, 6) is 0.531. The van der Waals surface area contributed by atoms with Gasteiger partial charge in [-0.3, -0.25) is 14.2 Å². The monoisotopic (exact) mass is 395 g/mol. The van der Waals surface area contributed by atoms with Crippen molar-refractivity contribution in [2.45, 2.75) is 18.6 Å². The first kappa shape index (κ1) is 19.7. The van der Waals surface area contributed by atoms with Crippen molar-refractivity contribution < 1.29 is 9.53 Å². The van der Waals surface area contributed by atoms with Gasteiger partial charge in [-0.05, 0) is 31.2 Å². The fourth-order valence-corrected chi connectivity index (χ4v) is 3.52. The summed E-state index contributed by atoms with van der Waals surface area (Å²) in [4.78, 5) is 29.7. The Bertz CT molecular complexity index is 1060. The van der Waals surface area contributed by atoms with Crippen LogP contribution < -0.4 is 15.6 Å². The maximum absolute atomic E-state index is 12.7. The van der Waals surface area contributed by atoms with Crippen LogP contribution in [0.1, 0.15) is 6.92 Å². The number of para-hydroxylation sites is 3. The van der Waals surface area contributed by atoms with E-state index in [0.29, 0.717) is 40.6 Å². The Morgan fingerprint density at radius 3 is 2.79 bits per heavy atom. The van der Waals surface area contributed by atoms with Crippen molar-refractivity contribution in [3.63, 3.8) is 0 Å². The van der Waals surface area contributed by atoms with E-state index < -0.39 is 0 Å². The lowest BCUT2D eigenvalue weighted by Crippen LogP contribution is -2.23. The zero-order valence-electron chi connectivity index (χ0n) is 15.6. The molecule has 0 aliphatic heterocycles. The number of amides is 1. The van der Waals surface area contributed by atoms with E-state index >= 15 is 0 Å². The number of carbonyl (C=O) groups is 1. The standard InChI is InChI=1S/C21H21N3O3S/c1-3-13-24-20(26)15-9-5-6-10-16(15)23-21(24)28-14-19(25)22-17-11-7-8-12-18(17)27-4-2/h3,5-12H,1,4,13-14H2,2H3,(H,22,25). The summed E-state index contributed by atoms with van der Waals surface area (Å²) in [6, 6.07) is 14.4. The molecule has 1 amide bonds. The molecule has 28 heavy (non-hydrogen) atoms. The highest BCUT2D eigenvalue weighted by Crippen LogP contribution is 2.24. The van der Waals surface area contributed by atoms with Crippen molar-refractivity contribution in [3.05, 3.63) is 71.5 Å². The maximum atomic E-state index is 12.7. The Morgan fingerprint density at radius 2 is 2.00 bits per heavy atom. The molecule has 2 aromatic carbocycles. The lowest BCUT2D eigenvalue weighted by Gasteiger charge is -2.13. The molecule has 0 radical (unpaired) electrons. The average molecular weight is 395 g/mol. The first-order valence-electron chi connectivity index (χ1n) is 8.89. The quantitative estimate of drug-likeness (QED) is 0.358. The van der Waals surface area contributed by atoms with Crippen LogP contribution in [0.15, 0.2) is 71.1 Å². The lowest BCUT2D eigenvalue weighted by molar-refractivity contribution is -0.113. The largest absolute Gasteiger partial charge is 0.492 e. The molecule has 0 saturated heterocycles. The first-order valence-corrected chi connectivity index (χ1v) is 9.87. The van der Waals surface area contributed by atoms with Crippen LogP contribution >= 0.6 is 11.8 Å². The number of fused-ring (bicyclic) bond motifs is 1. The number of nitrogens with zero attached hydrogens (tertiary/aromatic N) is 2. The summed E-state index contributed by atoms with van der Waals surface area (Å²) in [6.45, 7) is 6.43. The Kier molecular flexibility index (Phi) is 6.49. The smallest absolute Gasteiger partial charge is 0.262 e. The molecular weight excluding hydrogens is 374 g/mol. The van der Waals surface area contributed by atoms with Gasteiger partial charge in [0.05, 0.1) is 29.0 Å². The number of carbonyl (C=O) groups excluding carboxylic acids is 1. The molecule has 0 unspecified atom stereocenters. The zero-order chi connectivity index (χ0) is 19.9. The minimum absolute atomic E-state index is 0.113. The topological polar surface area (TPSA) is 73.2 Å². The molecule has 0 fully saturated rings. The predicted octanol–water partition coefficient (Wildman–Crippen LogP) is 3.71. The van der Waals surface area contributed by atoms with Crippen molar-refractivity contribution >= 4 is 34.3 Å². The van der Waals surface area contributed by atoms with Gasteiger partial charge in [0, 0.05) is 6.54 Å². The first-order chi connectivity index (χ1) is 13.6. The molecule has 6 nitrogen and oxygen atoms in total. The normalized spacial score (nSPS) is 10.6. The van der Waals surface area contributed by atoms with Gasteiger partial charge >= 0.3 is 0 Å². The van der Waals surface area contributed by atoms with E-state index in [4.69, 9.17) is 4.74 Å². The number of hydrogen-bond donors (Lipinski definition) is 1. The summed E-state index contributed by atoms with van der Waals surface area (Å²) >= 11 is 1.21. The fraction of sp³-hybridized carbons (Fsp3) is 0.190. The van der Waals surface area contributed by atoms with Crippen molar-refractivity contribution in [2.24, 2.45) is 0 Å². The van der Waals surface area contributed by atoms with E-state index in [1.54, 1.807) is 36.4 Å². The van der Waals surface area contributed by atoms with E-state index in [2.05, 4.69) is 16.9 Å². The van der Waals surface area contributed by atoms with Crippen LogP contribution in [0.25, 0.3) is 10.9 Å². The fourth-order valence-electron chi connectivity index (χ4n) is 2.72. The summed E-state index contributed by atoms with van der Waals surface area (Å²) in [7, 11) is 0. The van der Waals surface area contributed by atoms with E-state index in [0.717, 1.165) is 0 Å². The van der Waals surface area contributed by atoms with E-state index in [-0.39, 0.29) is 17.2 Å². The van der Waals surface area contributed by atoms with Gasteiger partial charge in [-0.15, -0.1) is 6.58 Å². The maximum Gasteiger partial charge on any atom is 0.262 e. The Hall–Kier alpha value is -3.06. The molecule has 144 valence electrons. The number of thioether (sulfide) groups is 1. The van der Waals surface area contributed by atoms with E-state index in [1.807, 2.05) is 25.1 Å². The molecule has 0 aliphatic rings. The predicted molar refractivity (Wildman–Crippen MR) is 113 cm³/mol. The highest BCUT2D eigenvalue weighted by atomic mass is 32.2. The van der Waals surface area contributed by atoms with Crippen LogP contribution in [0, 0.1) is 0 Å². The van der Waals surface area contributed by atoms with Crippen LogP contribution in [0.4, 0.5) is 5.69 Å². The molecule has 0 bridgehead atoms. The number of allylic oxidation sites excluding steroid dienone is 1. The summed E-state index contributed by atoms with van der Waals surface area (Å²) < 4.78 is 7.05. The number of aromatic nitrogens is 2. The van der Waals surface area contributed by atoms with Crippen molar-refractivity contribution in [1.29, 1.82) is 0 Å². The van der Waals surface area contributed by atoms with Gasteiger partial charge in [-0.2, -0.15) is 0 Å². The second-order valence-electron chi connectivity index (χ2n) is 5.88. The van der Waals surface area contributed by atoms with Gasteiger partial charge in [-0.25, -0.2) is 4.98 Å². The minimum atomic E-state index is -0.204. The lowest BCUT2D eigenvalue weighted by atomic mass is 10.2. The second-order valence-corrected chi connectivity index (χ2v) is 6.82. The minimum Gasteiger partial charge on any atom is -0.492 e. The van der Waals surface area contributed by atoms with Crippen LogP contribution in [0.2, 0.25) is 0 Å². The Labute approximate surface area is 167 Å². The molecule has 1 aromatic heterocycles. The number of anilines is 1.